The van der Waals surface area contributed by atoms with E-state index in [0.717, 1.165) is 24.7 Å². The van der Waals surface area contributed by atoms with E-state index >= 15 is 0 Å². The van der Waals surface area contributed by atoms with Crippen LogP contribution < -0.4 is 11.3 Å². The Kier molecular flexibility index (Phi) is 4.43. The topological polar surface area (TPSA) is 53.6 Å². The molecule has 4 nitrogen and oxygen atoms in total. The molecule has 0 unspecified atom stereocenters. The molecule has 1 fully saturated rings. The Morgan fingerprint density at radius 2 is 1.95 bits per heavy atom. The maximum absolute atomic E-state index is 5.63. The number of nitrogens with one attached hydrogen (secondary N) is 1. The molecule has 19 heavy (non-hydrogen) atoms. The van der Waals surface area contributed by atoms with Crippen LogP contribution in [0.25, 0.3) is 0 Å². The van der Waals surface area contributed by atoms with Crippen LogP contribution in [0.2, 0.25) is 0 Å². The largest absolute Gasteiger partial charge is 0.342 e. The SMILES string of the molecule is CCC1(C)CCN(C(=Nc2ccccc2)NN)CC1. The summed E-state index contributed by atoms with van der Waals surface area (Å²) in [4.78, 5) is 6.82. The highest BCUT2D eigenvalue weighted by atomic mass is 15.4. The molecule has 0 aromatic heterocycles. The Bertz CT molecular complexity index is 419. The monoisotopic (exact) mass is 260 g/mol. The molecular weight excluding hydrogens is 236 g/mol. The molecule has 1 aliphatic heterocycles. The number of likely N-dealkylation sites (tertiary alicyclic amines) is 1. The Morgan fingerprint density at radius 1 is 1.32 bits per heavy atom. The molecule has 1 aromatic carbocycles. The van der Waals surface area contributed by atoms with E-state index < -0.39 is 0 Å². The highest BCUT2D eigenvalue weighted by Crippen LogP contribution is 2.33. The summed E-state index contributed by atoms with van der Waals surface area (Å²) >= 11 is 0. The van der Waals surface area contributed by atoms with Crippen LogP contribution in [0.4, 0.5) is 5.69 Å². The van der Waals surface area contributed by atoms with E-state index in [1.807, 2.05) is 30.3 Å². The fourth-order valence-corrected chi connectivity index (χ4v) is 2.43. The van der Waals surface area contributed by atoms with Crippen molar-refractivity contribution in [3.63, 3.8) is 0 Å². The van der Waals surface area contributed by atoms with Crippen LogP contribution in [0, 0.1) is 5.41 Å². The second-order valence-corrected chi connectivity index (χ2v) is 5.57. The minimum absolute atomic E-state index is 0.475. The zero-order valence-electron chi connectivity index (χ0n) is 11.9. The number of benzene rings is 1. The maximum Gasteiger partial charge on any atom is 0.213 e. The highest BCUT2D eigenvalue weighted by molar-refractivity contribution is 5.82. The second-order valence-electron chi connectivity index (χ2n) is 5.57. The van der Waals surface area contributed by atoms with Gasteiger partial charge in [0.15, 0.2) is 0 Å². The summed E-state index contributed by atoms with van der Waals surface area (Å²) in [7, 11) is 0. The van der Waals surface area contributed by atoms with Crippen molar-refractivity contribution < 1.29 is 0 Å². The standard InChI is InChI=1S/C15H24N4/c1-3-15(2)9-11-19(12-10-15)14(18-16)17-13-7-5-4-6-8-13/h4-8H,3,9-12,16H2,1-2H3,(H,17,18). The van der Waals surface area contributed by atoms with Crippen molar-refractivity contribution in [2.75, 3.05) is 13.1 Å². The molecule has 0 spiro atoms. The Morgan fingerprint density at radius 3 is 2.47 bits per heavy atom. The predicted octanol–water partition coefficient (Wildman–Crippen LogP) is 2.65. The van der Waals surface area contributed by atoms with Gasteiger partial charge in [-0.25, -0.2) is 10.8 Å². The first-order chi connectivity index (χ1) is 9.17. The molecule has 0 radical (unpaired) electrons. The van der Waals surface area contributed by atoms with Crippen molar-refractivity contribution in [3.05, 3.63) is 30.3 Å². The number of nitrogens with zero attached hydrogens (tertiary/aromatic N) is 2. The highest BCUT2D eigenvalue weighted by Gasteiger charge is 2.29. The summed E-state index contributed by atoms with van der Waals surface area (Å²) in [6, 6.07) is 9.92. The number of guanidine groups is 1. The molecule has 1 aliphatic rings. The molecule has 2 rings (SSSR count). The Balaban J connectivity index is 2.06. The smallest absolute Gasteiger partial charge is 0.213 e. The van der Waals surface area contributed by atoms with Crippen LogP contribution in [0.1, 0.15) is 33.1 Å². The molecule has 0 amide bonds. The van der Waals surface area contributed by atoms with Gasteiger partial charge in [-0.2, -0.15) is 0 Å². The first kappa shape index (κ1) is 13.9. The number of nitrogens with two attached hydrogens (primary N) is 1. The van der Waals surface area contributed by atoms with Crippen LogP contribution in [0.15, 0.2) is 35.3 Å². The van der Waals surface area contributed by atoms with Crippen molar-refractivity contribution in [1.82, 2.24) is 10.3 Å². The summed E-state index contributed by atoms with van der Waals surface area (Å²) < 4.78 is 0. The van der Waals surface area contributed by atoms with Gasteiger partial charge in [0.25, 0.3) is 0 Å². The predicted molar refractivity (Wildman–Crippen MR) is 80.1 cm³/mol. The van der Waals surface area contributed by atoms with Gasteiger partial charge in [0.05, 0.1) is 5.69 Å². The van der Waals surface area contributed by atoms with Crippen LogP contribution >= 0.6 is 0 Å². The Labute approximate surface area is 115 Å². The van der Waals surface area contributed by atoms with E-state index in [-0.39, 0.29) is 0 Å². The summed E-state index contributed by atoms with van der Waals surface area (Å²) in [6.45, 7) is 6.67. The van der Waals surface area contributed by atoms with E-state index in [9.17, 15) is 0 Å². The number of hydrazine groups is 1. The lowest BCUT2D eigenvalue weighted by molar-refractivity contribution is 0.160. The third-order valence-electron chi connectivity index (χ3n) is 4.24. The maximum atomic E-state index is 5.63. The first-order valence-corrected chi connectivity index (χ1v) is 7.02. The number of aliphatic imine (C=N–C) groups is 1. The summed E-state index contributed by atoms with van der Waals surface area (Å²) in [5, 5.41) is 0. The molecule has 1 saturated heterocycles. The molecule has 104 valence electrons. The molecule has 0 aliphatic carbocycles. The summed E-state index contributed by atoms with van der Waals surface area (Å²) in [5.74, 6) is 6.40. The van der Waals surface area contributed by atoms with Crippen molar-refractivity contribution in [2.24, 2.45) is 16.3 Å². The van der Waals surface area contributed by atoms with Crippen LogP contribution in [0.3, 0.4) is 0 Å². The van der Waals surface area contributed by atoms with Gasteiger partial charge in [0.1, 0.15) is 0 Å². The quantitative estimate of drug-likeness (QED) is 0.372. The molecule has 1 aromatic rings. The van der Waals surface area contributed by atoms with Gasteiger partial charge in [0, 0.05) is 13.1 Å². The lowest BCUT2D eigenvalue weighted by atomic mass is 9.78. The van der Waals surface area contributed by atoms with Gasteiger partial charge in [0.2, 0.25) is 5.96 Å². The molecule has 1 heterocycles. The minimum Gasteiger partial charge on any atom is -0.342 e. The summed E-state index contributed by atoms with van der Waals surface area (Å²) in [6.07, 6.45) is 3.63. The van der Waals surface area contributed by atoms with Gasteiger partial charge in [-0.05, 0) is 30.4 Å². The van der Waals surface area contributed by atoms with Crippen molar-refractivity contribution in [3.8, 4) is 0 Å². The number of hydrogen-bond acceptors (Lipinski definition) is 2. The van der Waals surface area contributed by atoms with E-state index in [1.54, 1.807) is 0 Å². The lowest BCUT2D eigenvalue weighted by Gasteiger charge is -2.39. The van der Waals surface area contributed by atoms with Crippen molar-refractivity contribution in [1.29, 1.82) is 0 Å². The zero-order chi connectivity index (χ0) is 13.7. The fourth-order valence-electron chi connectivity index (χ4n) is 2.43. The van der Waals surface area contributed by atoms with Crippen LogP contribution in [0.5, 0.6) is 0 Å². The van der Waals surface area contributed by atoms with Gasteiger partial charge >= 0.3 is 0 Å². The number of hydrogen-bond donors (Lipinski definition) is 2. The molecule has 0 bridgehead atoms. The minimum atomic E-state index is 0.475. The zero-order valence-corrected chi connectivity index (χ0v) is 11.9. The van der Waals surface area contributed by atoms with Gasteiger partial charge < -0.3 is 4.90 Å². The van der Waals surface area contributed by atoms with Crippen LogP contribution in [-0.4, -0.2) is 23.9 Å². The van der Waals surface area contributed by atoms with Crippen molar-refractivity contribution >= 4 is 11.6 Å². The average molecular weight is 260 g/mol. The average Bonchev–Trinajstić information content (AvgIpc) is 2.47. The van der Waals surface area contributed by atoms with Crippen LogP contribution in [-0.2, 0) is 0 Å². The molecular formula is C15H24N4. The lowest BCUT2D eigenvalue weighted by Crippen LogP contribution is -2.49. The number of rotatable bonds is 2. The summed E-state index contributed by atoms with van der Waals surface area (Å²) in [5.41, 5.74) is 4.15. The van der Waals surface area contributed by atoms with Crippen molar-refractivity contribution in [2.45, 2.75) is 33.1 Å². The van der Waals surface area contributed by atoms with E-state index in [1.165, 1.54) is 19.3 Å². The molecule has 0 saturated carbocycles. The third-order valence-corrected chi connectivity index (χ3v) is 4.24. The fraction of sp³-hybridized carbons (Fsp3) is 0.533. The molecule has 3 N–H and O–H groups in total. The van der Waals surface area contributed by atoms with E-state index in [4.69, 9.17) is 5.84 Å². The molecule has 0 atom stereocenters. The third kappa shape index (κ3) is 3.47. The Hall–Kier alpha value is -1.55. The second kappa shape index (κ2) is 6.06. The number of piperidine rings is 1. The van der Waals surface area contributed by atoms with Gasteiger partial charge in [-0.1, -0.05) is 38.5 Å². The molecule has 4 heteroatoms. The van der Waals surface area contributed by atoms with E-state index in [2.05, 4.69) is 29.2 Å². The van der Waals surface area contributed by atoms with Gasteiger partial charge in [-0.15, -0.1) is 0 Å². The van der Waals surface area contributed by atoms with E-state index in [0.29, 0.717) is 5.41 Å². The number of para-hydroxylation sites is 1. The van der Waals surface area contributed by atoms with Gasteiger partial charge in [-0.3, -0.25) is 5.43 Å². The first-order valence-electron chi connectivity index (χ1n) is 7.02. The normalized spacial score (nSPS) is 19.3.